The summed E-state index contributed by atoms with van der Waals surface area (Å²) in [6, 6.07) is 22.0. The Morgan fingerprint density at radius 2 is 1.64 bits per heavy atom. The van der Waals surface area contributed by atoms with E-state index in [0.717, 1.165) is 22.3 Å². The molecule has 0 bridgehead atoms. The topological polar surface area (TPSA) is 64.3 Å². The molecule has 0 saturated heterocycles. The summed E-state index contributed by atoms with van der Waals surface area (Å²) < 4.78 is 5.18. The van der Waals surface area contributed by atoms with E-state index >= 15 is 0 Å². The van der Waals surface area contributed by atoms with Gasteiger partial charge in [-0.05, 0) is 46.0 Å². The number of halogens is 1. The number of benzene rings is 3. The molecule has 0 aliphatic rings. The Bertz CT molecular complexity index is 912. The van der Waals surface area contributed by atoms with E-state index in [1.54, 1.807) is 7.11 Å². The van der Waals surface area contributed by atoms with E-state index in [4.69, 9.17) is 10.5 Å². The number of carbonyl (C=O) groups is 1. The molecule has 0 saturated carbocycles. The van der Waals surface area contributed by atoms with E-state index in [0.29, 0.717) is 13.0 Å². The molecule has 28 heavy (non-hydrogen) atoms. The van der Waals surface area contributed by atoms with Crippen molar-refractivity contribution in [3.63, 3.8) is 0 Å². The van der Waals surface area contributed by atoms with Crippen LogP contribution in [0.3, 0.4) is 0 Å². The Balaban J connectivity index is 0.00000280. The number of amides is 1. The maximum atomic E-state index is 12.6. The first-order valence-corrected chi connectivity index (χ1v) is 9.22. The van der Waals surface area contributed by atoms with Crippen molar-refractivity contribution in [2.75, 3.05) is 13.7 Å². The highest BCUT2D eigenvalue weighted by atomic mass is 35.5. The first-order chi connectivity index (χ1) is 13.1. The molecule has 0 aromatic heterocycles. The molecule has 0 aliphatic heterocycles. The number of hydrogen-bond donors (Lipinski definition) is 2. The average molecular weight is 399 g/mol. The van der Waals surface area contributed by atoms with Gasteiger partial charge in [-0.1, -0.05) is 55.5 Å². The average Bonchev–Trinajstić information content (AvgIpc) is 2.71. The molecule has 0 aliphatic carbocycles. The Kier molecular flexibility index (Phi) is 7.85. The summed E-state index contributed by atoms with van der Waals surface area (Å²) in [6.07, 6.45) is 0.413. The van der Waals surface area contributed by atoms with Crippen LogP contribution in [0.15, 0.2) is 66.7 Å². The molecular weight excluding hydrogens is 372 g/mol. The second-order valence-corrected chi connectivity index (χ2v) is 6.84. The van der Waals surface area contributed by atoms with Gasteiger partial charge in [0.2, 0.25) is 5.91 Å². The Hall–Kier alpha value is -2.56. The summed E-state index contributed by atoms with van der Waals surface area (Å²) in [5.74, 6) is 0.933. The number of nitrogens with two attached hydrogens (primary N) is 1. The minimum absolute atomic E-state index is 0. The summed E-state index contributed by atoms with van der Waals surface area (Å²) in [6.45, 7) is 2.41. The van der Waals surface area contributed by atoms with Crippen molar-refractivity contribution in [2.45, 2.75) is 25.3 Å². The van der Waals surface area contributed by atoms with Crippen LogP contribution in [0.2, 0.25) is 0 Å². The third-order valence-corrected chi connectivity index (χ3v) is 4.92. The van der Waals surface area contributed by atoms with Crippen molar-refractivity contribution < 1.29 is 9.53 Å². The number of fused-ring (bicyclic) bond motifs is 1. The highest BCUT2D eigenvalue weighted by molar-refractivity contribution is 5.85. The van der Waals surface area contributed by atoms with Crippen molar-refractivity contribution in [2.24, 2.45) is 5.73 Å². The van der Waals surface area contributed by atoms with Gasteiger partial charge < -0.3 is 15.8 Å². The quantitative estimate of drug-likeness (QED) is 0.612. The Morgan fingerprint density at radius 1 is 1.00 bits per heavy atom. The zero-order chi connectivity index (χ0) is 19.2. The number of hydrogen-bond acceptors (Lipinski definition) is 3. The first kappa shape index (κ1) is 21.7. The lowest BCUT2D eigenvalue weighted by Gasteiger charge is -2.20. The second kappa shape index (κ2) is 10.1. The molecule has 0 radical (unpaired) electrons. The second-order valence-electron chi connectivity index (χ2n) is 6.84. The summed E-state index contributed by atoms with van der Waals surface area (Å²) in [5, 5.41) is 5.41. The Morgan fingerprint density at radius 3 is 2.29 bits per heavy atom. The minimum Gasteiger partial charge on any atom is -0.497 e. The summed E-state index contributed by atoms with van der Waals surface area (Å²) >= 11 is 0. The van der Waals surface area contributed by atoms with Crippen molar-refractivity contribution >= 4 is 29.1 Å². The largest absolute Gasteiger partial charge is 0.497 e. The third-order valence-electron chi connectivity index (χ3n) is 4.92. The van der Waals surface area contributed by atoms with Gasteiger partial charge in [0.25, 0.3) is 0 Å². The highest BCUT2D eigenvalue weighted by Crippen LogP contribution is 2.23. The molecule has 3 aromatic carbocycles. The smallest absolute Gasteiger partial charge is 0.221 e. The van der Waals surface area contributed by atoms with Gasteiger partial charge in [-0.15, -0.1) is 12.4 Å². The molecule has 3 N–H and O–H groups in total. The fourth-order valence-electron chi connectivity index (χ4n) is 3.28. The standard InChI is InChI=1S/C23H26N2O2.ClH/c1-16(17-9-11-21(27-2)12-10-17)13-23(26)25-22(15-24)20-8-7-18-5-3-4-6-19(18)14-20;/h3-12,14,16,22H,13,15,24H2,1-2H3,(H,25,26);1H. The maximum Gasteiger partial charge on any atom is 0.221 e. The van der Waals surface area contributed by atoms with Gasteiger partial charge in [-0.3, -0.25) is 4.79 Å². The normalized spacial score (nSPS) is 12.7. The lowest BCUT2D eigenvalue weighted by atomic mass is 9.96. The van der Waals surface area contributed by atoms with Crippen molar-refractivity contribution in [1.82, 2.24) is 5.32 Å². The zero-order valence-electron chi connectivity index (χ0n) is 16.2. The Labute approximate surface area is 172 Å². The summed E-state index contributed by atoms with van der Waals surface area (Å²) in [7, 11) is 1.64. The molecule has 1 amide bonds. The van der Waals surface area contributed by atoms with Gasteiger partial charge in [0.15, 0.2) is 0 Å². The third kappa shape index (κ3) is 5.24. The van der Waals surface area contributed by atoms with Crippen LogP contribution >= 0.6 is 12.4 Å². The first-order valence-electron chi connectivity index (χ1n) is 9.22. The zero-order valence-corrected chi connectivity index (χ0v) is 17.0. The fourth-order valence-corrected chi connectivity index (χ4v) is 3.28. The number of ether oxygens (including phenoxy) is 1. The van der Waals surface area contributed by atoms with E-state index in [1.807, 2.05) is 42.5 Å². The minimum atomic E-state index is -0.190. The lowest BCUT2D eigenvalue weighted by Crippen LogP contribution is -2.33. The molecule has 3 rings (SSSR count). The maximum absolute atomic E-state index is 12.6. The van der Waals surface area contributed by atoms with Crippen LogP contribution in [-0.4, -0.2) is 19.6 Å². The molecule has 2 atom stereocenters. The number of nitrogens with one attached hydrogen (secondary N) is 1. The van der Waals surface area contributed by atoms with Crippen LogP contribution < -0.4 is 15.8 Å². The van der Waals surface area contributed by atoms with Gasteiger partial charge >= 0.3 is 0 Å². The van der Waals surface area contributed by atoms with Gasteiger partial charge in [0.05, 0.1) is 13.2 Å². The van der Waals surface area contributed by atoms with Crippen LogP contribution in [-0.2, 0) is 4.79 Å². The fraction of sp³-hybridized carbons (Fsp3) is 0.261. The highest BCUT2D eigenvalue weighted by Gasteiger charge is 2.16. The van der Waals surface area contributed by atoms with Crippen LogP contribution in [0.5, 0.6) is 5.75 Å². The van der Waals surface area contributed by atoms with Gasteiger partial charge in [-0.25, -0.2) is 0 Å². The molecule has 5 heteroatoms. The van der Waals surface area contributed by atoms with Gasteiger partial charge in [0, 0.05) is 13.0 Å². The number of carbonyl (C=O) groups excluding carboxylic acids is 1. The van der Waals surface area contributed by atoms with E-state index < -0.39 is 0 Å². The van der Waals surface area contributed by atoms with Gasteiger partial charge in [0.1, 0.15) is 5.75 Å². The van der Waals surface area contributed by atoms with Crippen LogP contribution in [0.25, 0.3) is 10.8 Å². The van der Waals surface area contributed by atoms with Crippen LogP contribution in [0.4, 0.5) is 0 Å². The molecule has 4 nitrogen and oxygen atoms in total. The van der Waals surface area contributed by atoms with Gasteiger partial charge in [-0.2, -0.15) is 0 Å². The van der Waals surface area contributed by atoms with Crippen LogP contribution in [0.1, 0.15) is 36.4 Å². The van der Waals surface area contributed by atoms with E-state index in [9.17, 15) is 4.79 Å². The SMILES string of the molecule is COc1ccc(C(C)CC(=O)NC(CN)c2ccc3ccccc3c2)cc1.Cl. The number of methoxy groups -OCH3 is 1. The summed E-state index contributed by atoms with van der Waals surface area (Å²) in [5.41, 5.74) is 8.08. The van der Waals surface area contributed by atoms with Crippen molar-refractivity contribution in [1.29, 1.82) is 0 Å². The molecule has 0 heterocycles. The molecular formula is C23H27ClN2O2. The molecule has 0 spiro atoms. The predicted molar refractivity (Wildman–Crippen MR) is 117 cm³/mol. The van der Waals surface area contributed by atoms with Crippen molar-refractivity contribution in [3.8, 4) is 5.75 Å². The summed E-state index contributed by atoms with van der Waals surface area (Å²) in [4.78, 5) is 12.6. The monoisotopic (exact) mass is 398 g/mol. The lowest BCUT2D eigenvalue weighted by molar-refractivity contribution is -0.122. The predicted octanol–water partition coefficient (Wildman–Crippen LogP) is 4.58. The molecule has 2 unspecified atom stereocenters. The van der Waals surface area contributed by atoms with Crippen LogP contribution in [0, 0.1) is 0 Å². The van der Waals surface area contributed by atoms with E-state index in [-0.39, 0.29) is 30.3 Å². The number of rotatable bonds is 7. The van der Waals surface area contributed by atoms with Crippen molar-refractivity contribution in [3.05, 3.63) is 77.9 Å². The molecule has 0 fully saturated rings. The molecule has 3 aromatic rings. The van der Waals surface area contributed by atoms with E-state index in [2.05, 4.69) is 36.5 Å². The van der Waals surface area contributed by atoms with E-state index in [1.165, 1.54) is 5.39 Å². The molecule has 148 valence electrons.